The van der Waals surface area contributed by atoms with Gasteiger partial charge in [-0.3, -0.25) is 14.5 Å². The molecule has 1 aliphatic carbocycles. The van der Waals surface area contributed by atoms with Crippen LogP contribution in [0.4, 0.5) is 9.18 Å². The molecular weight excluding hydrogens is 479 g/mol. The maximum absolute atomic E-state index is 14.4. The van der Waals surface area contributed by atoms with E-state index in [4.69, 9.17) is 9.57 Å². The highest BCUT2D eigenvalue weighted by atomic mass is 19.1. The number of halogens is 1. The highest BCUT2D eigenvalue weighted by Crippen LogP contribution is 2.44. The third-order valence-electron chi connectivity index (χ3n) is 7.03. The summed E-state index contributed by atoms with van der Waals surface area (Å²) in [7, 11) is 0. The van der Waals surface area contributed by atoms with Gasteiger partial charge in [-0.05, 0) is 34.4 Å². The summed E-state index contributed by atoms with van der Waals surface area (Å²) in [6.07, 6.45) is -2.68. The molecule has 186 valence electrons. The third-order valence-corrected chi connectivity index (χ3v) is 7.03. The Labute approximate surface area is 211 Å². The fourth-order valence-corrected chi connectivity index (χ4v) is 5.29. The van der Waals surface area contributed by atoms with E-state index in [2.05, 4.69) is 0 Å². The largest absolute Gasteiger partial charge is 0.448 e. The minimum absolute atomic E-state index is 0.000482. The van der Waals surface area contributed by atoms with Crippen molar-refractivity contribution in [1.29, 1.82) is 0 Å². The Morgan fingerprint density at radius 1 is 0.811 bits per heavy atom. The molecule has 0 spiro atoms. The topological polar surface area (TPSA) is 93.2 Å². The van der Waals surface area contributed by atoms with Crippen LogP contribution in [0.15, 0.2) is 72.8 Å². The summed E-state index contributed by atoms with van der Waals surface area (Å²) in [4.78, 5) is 57.0. The van der Waals surface area contributed by atoms with E-state index in [-0.39, 0.29) is 36.6 Å². The third kappa shape index (κ3) is 3.74. The molecule has 2 aliphatic heterocycles. The van der Waals surface area contributed by atoms with Crippen molar-refractivity contribution in [3.05, 3.63) is 95.1 Å². The van der Waals surface area contributed by atoms with Crippen molar-refractivity contribution in [2.45, 2.75) is 24.6 Å². The van der Waals surface area contributed by atoms with Crippen LogP contribution in [0, 0.1) is 0 Å². The molecular formula is C28H21FN2O6. The molecule has 3 aromatic carbocycles. The second-order valence-corrected chi connectivity index (χ2v) is 9.17. The van der Waals surface area contributed by atoms with Crippen molar-refractivity contribution in [2.24, 2.45) is 0 Å². The summed E-state index contributed by atoms with van der Waals surface area (Å²) in [6.45, 7) is -0.362. The number of amides is 3. The number of hydrogen-bond donors (Lipinski definition) is 0. The summed E-state index contributed by atoms with van der Waals surface area (Å²) in [6, 6.07) is 20.4. The molecule has 0 radical (unpaired) electrons. The molecule has 8 nitrogen and oxygen atoms in total. The first-order valence-electron chi connectivity index (χ1n) is 11.9. The van der Waals surface area contributed by atoms with Crippen LogP contribution in [0.25, 0.3) is 11.1 Å². The van der Waals surface area contributed by atoms with Crippen molar-refractivity contribution in [2.75, 3.05) is 13.2 Å². The molecule has 0 saturated carbocycles. The van der Waals surface area contributed by atoms with Crippen LogP contribution in [-0.2, 0) is 14.4 Å². The summed E-state index contributed by atoms with van der Waals surface area (Å²) in [5.74, 6) is -2.88. The van der Waals surface area contributed by atoms with Gasteiger partial charge in [0.05, 0.1) is 17.7 Å². The molecule has 0 N–H and O–H groups in total. The smallest absolute Gasteiger partial charge is 0.410 e. The Balaban J connectivity index is 1.16. The van der Waals surface area contributed by atoms with Gasteiger partial charge in [0.1, 0.15) is 18.8 Å². The van der Waals surface area contributed by atoms with Gasteiger partial charge in [-0.1, -0.05) is 65.7 Å². The average Bonchev–Trinajstić information content (AvgIpc) is 3.54. The van der Waals surface area contributed by atoms with Gasteiger partial charge in [-0.25, -0.2) is 14.0 Å². The molecule has 0 bridgehead atoms. The van der Waals surface area contributed by atoms with Crippen molar-refractivity contribution in [1.82, 2.24) is 9.96 Å². The molecule has 6 rings (SSSR count). The lowest BCUT2D eigenvalue weighted by Gasteiger charge is -2.24. The zero-order chi connectivity index (χ0) is 25.7. The number of benzene rings is 3. The molecule has 3 aliphatic rings. The van der Waals surface area contributed by atoms with Crippen LogP contribution < -0.4 is 0 Å². The number of likely N-dealkylation sites (tertiary alicyclic amines) is 1. The van der Waals surface area contributed by atoms with Crippen LogP contribution in [0.2, 0.25) is 0 Å². The predicted molar refractivity (Wildman–Crippen MR) is 128 cm³/mol. The molecule has 3 aromatic rings. The van der Waals surface area contributed by atoms with Gasteiger partial charge >= 0.3 is 12.1 Å². The van der Waals surface area contributed by atoms with Gasteiger partial charge in [0, 0.05) is 12.3 Å². The Morgan fingerprint density at radius 2 is 1.32 bits per heavy atom. The van der Waals surface area contributed by atoms with Crippen LogP contribution in [0.3, 0.4) is 0 Å². The number of alkyl halides is 1. The standard InChI is InChI=1S/C28H21FN2O6/c29-16-13-24(27(34)37-31-25(32)21-11-5-6-12-22(21)26(31)33)30(14-16)28(35)36-15-23-19-9-3-1-7-17(19)18-8-2-4-10-20(18)23/h1-12,16,23-24H,13-15H2/t16-,24-/m0/s1. The lowest BCUT2D eigenvalue weighted by atomic mass is 9.98. The number of fused-ring (bicyclic) bond motifs is 4. The number of nitrogens with zero attached hydrogens (tertiary/aromatic N) is 2. The van der Waals surface area contributed by atoms with E-state index in [1.54, 1.807) is 12.1 Å². The zero-order valence-corrected chi connectivity index (χ0v) is 19.5. The summed E-state index contributed by atoms with van der Waals surface area (Å²) < 4.78 is 19.9. The Bertz CT molecular complexity index is 1380. The van der Waals surface area contributed by atoms with Gasteiger partial charge in [-0.2, -0.15) is 0 Å². The summed E-state index contributed by atoms with van der Waals surface area (Å²) in [5, 5.41) is 0.356. The fourth-order valence-electron chi connectivity index (χ4n) is 5.29. The van der Waals surface area contributed by atoms with Crippen molar-refractivity contribution < 1.29 is 33.1 Å². The molecule has 3 amide bonds. The Hall–Kier alpha value is -4.53. The number of hydroxylamine groups is 2. The second kappa shape index (κ2) is 8.85. The number of ether oxygens (including phenoxy) is 1. The predicted octanol–water partition coefficient (Wildman–Crippen LogP) is 4.10. The highest BCUT2D eigenvalue weighted by molar-refractivity contribution is 6.21. The number of imide groups is 1. The fraction of sp³-hybridized carbons (Fsp3) is 0.214. The summed E-state index contributed by atoms with van der Waals surface area (Å²) in [5.41, 5.74) is 4.36. The molecule has 0 aromatic heterocycles. The van der Waals surface area contributed by atoms with Crippen molar-refractivity contribution in [3.8, 4) is 11.1 Å². The molecule has 1 fully saturated rings. The number of hydrogen-bond acceptors (Lipinski definition) is 6. The van der Waals surface area contributed by atoms with Crippen LogP contribution in [0.5, 0.6) is 0 Å². The monoisotopic (exact) mass is 500 g/mol. The number of carbonyl (C=O) groups excluding carboxylic acids is 4. The van der Waals surface area contributed by atoms with E-state index in [9.17, 15) is 23.6 Å². The molecule has 37 heavy (non-hydrogen) atoms. The van der Waals surface area contributed by atoms with E-state index in [0.717, 1.165) is 27.2 Å². The summed E-state index contributed by atoms with van der Waals surface area (Å²) >= 11 is 0. The molecule has 1 saturated heterocycles. The van der Waals surface area contributed by atoms with Crippen molar-refractivity contribution >= 4 is 23.9 Å². The molecule has 9 heteroatoms. The average molecular weight is 500 g/mol. The zero-order valence-electron chi connectivity index (χ0n) is 19.5. The van der Waals surface area contributed by atoms with E-state index in [1.165, 1.54) is 12.1 Å². The second-order valence-electron chi connectivity index (χ2n) is 9.17. The van der Waals surface area contributed by atoms with E-state index >= 15 is 0 Å². The molecule has 2 heterocycles. The minimum atomic E-state index is -1.49. The molecule has 2 atom stereocenters. The Morgan fingerprint density at radius 3 is 1.89 bits per heavy atom. The minimum Gasteiger partial charge on any atom is -0.448 e. The van der Waals surface area contributed by atoms with Gasteiger partial charge in [0.25, 0.3) is 11.8 Å². The van der Waals surface area contributed by atoms with Gasteiger partial charge in [0.15, 0.2) is 0 Å². The maximum atomic E-state index is 14.4. The first-order valence-corrected chi connectivity index (χ1v) is 11.9. The van der Waals surface area contributed by atoms with Crippen molar-refractivity contribution in [3.63, 3.8) is 0 Å². The maximum Gasteiger partial charge on any atom is 0.410 e. The first kappa shape index (κ1) is 22.9. The van der Waals surface area contributed by atoms with Gasteiger partial charge in [0.2, 0.25) is 0 Å². The Kier molecular flexibility index (Phi) is 5.48. The van der Waals surface area contributed by atoms with Crippen LogP contribution in [-0.4, -0.2) is 59.2 Å². The van der Waals surface area contributed by atoms with E-state index < -0.39 is 36.1 Å². The number of rotatable bonds is 4. The van der Waals surface area contributed by atoms with E-state index in [1.807, 2.05) is 48.5 Å². The SMILES string of the molecule is O=C(ON1C(=O)c2ccccc2C1=O)[C@@H]1C[C@H](F)CN1C(=O)OCC1c2ccccc2-c2ccccc21. The van der Waals surface area contributed by atoms with Gasteiger partial charge < -0.3 is 9.57 Å². The lowest BCUT2D eigenvalue weighted by Crippen LogP contribution is -2.45. The highest BCUT2D eigenvalue weighted by Gasteiger charge is 2.46. The quantitative estimate of drug-likeness (QED) is 0.501. The first-order chi connectivity index (χ1) is 17.9. The van der Waals surface area contributed by atoms with Crippen LogP contribution in [0.1, 0.15) is 44.2 Å². The van der Waals surface area contributed by atoms with Gasteiger partial charge in [-0.15, -0.1) is 0 Å². The van der Waals surface area contributed by atoms with Crippen LogP contribution >= 0.6 is 0 Å². The molecule has 0 unspecified atom stereocenters. The number of carbonyl (C=O) groups is 4. The normalized spacial score (nSPS) is 20.0. The lowest BCUT2D eigenvalue weighted by molar-refractivity contribution is -0.173. The van der Waals surface area contributed by atoms with E-state index in [0.29, 0.717) is 5.06 Å².